The number of hydrogen-bond donors (Lipinski definition) is 0. The highest BCUT2D eigenvalue weighted by atomic mass is 32.2. The summed E-state index contributed by atoms with van der Waals surface area (Å²) in [5.74, 6) is -0.288. The van der Waals surface area contributed by atoms with Crippen LogP contribution in [0, 0.1) is 0 Å². The predicted octanol–water partition coefficient (Wildman–Crippen LogP) is 0.958. The molecule has 0 atom stereocenters. The average molecular weight is 354 g/mol. The van der Waals surface area contributed by atoms with Crippen LogP contribution in [0.4, 0.5) is 4.79 Å². The fourth-order valence-corrected chi connectivity index (χ4v) is 4.79. The fourth-order valence-electron chi connectivity index (χ4n) is 2.50. The summed E-state index contributed by atoms with van der Waals surface area (Å²) in [7, 11) is -3.68. The van der Waals surface area contributed by atoms with Crippen molar-refractivity contribution in [3.63, 3.8) is 0 Å². The highest BCUT2D eigenvalue weighted by Crippen LogP contribution is 2.29. The number of amides is 2. The molecule has 2 amide bonds. The van der Waals surface area contributed by atoms with Crippen molar-refractivity contribution in [2.24, 2.45) is 0 Å². The van der Waals surface area contributed by atoms with E-state index in [-0.39, 0.29) is 40.7 Å². The van der Waals surface area contributed by atoms with E-state index in [2.05, 4.69) is 0 Å². The van der Waals surface area contributed by atoms with E-state index in [1.54, 1.807) is 0 Å². The number of benzene rings is 1. The van der Waals surface area contributed by atoms with Crippen LogP contribution in [0.15, 0.2) is 29.2 Å². The lowest BCUT2D eigenvalue weighted by molar-refractivity contribution is -0.127. The summed E-state index contributed by atoms with van der Waals surface area (Å²) in [6, 6.07) is 5.33. The first-order valence-corrected chi connectivity index (χ1v) is 9.33. The Kier molecular flexibility index (Phi) is 4.03. The van der Waals surface area contributed by atoms with Gasteiger partial charge in [0.05, 0.1) is 16.7 Å². The Morgan fingerprint density at radius 2 is 1.78 bits per heavy atom. The number of imide groups is 1. The van der Waals surface area contributed by atoms with E-state index in [1.165, 1.54) is 35.5 Å². The van der Waals surface area contributed by atoms with Crippen LogP contribution in [-0.4, -0.2) is 59.4 Å². The molecular formula is C14H14N2O5S2. The van der Waals surface area contributed by atoms with E-state index >= 15 is 0 Å². The first-order chi connectivity index (χ1) is 10.8. The molecule has 0 spiro atoms. The van der Waals surface area contributed by atoms with Gasteiger partial charge in [-0.25, -0.2) is 8.42 Å². The predicted molar refractivity (Wildman–Crippen MR) is 83.7 cm³/mol. The van der Waals surface area contributed by atoms with Crippen molar-refractivity contribution < 1.29 is 22.8 Å². The molecule has 0 aromatic heterocycles. The summed E-state index contributed by atoms with van der Waals surface area (Å²) >= 11 is 0.938. The molecule has 2 aliphatic rings. The molecule has 0 N–H and O–H groups in total. The van der Waals surface area contributed by atoms with Gasteiger partial charge in [-0.15, -0.1) is 0 Å². The molecule has 122 valence electrons. The number of nitrogens with zero attached hydrogens (tertiary/aromatic N) is 2. The van der Waals surface area contributed by atoms with Crippen molar-refractivity contribution in [1.29, 1.82) is 0 Å². The lowest BCUT2D eigenvalue weighted by atomic mass is 10.1. The third kappa shape index (κ3) is 2.79. The molecule has 2 saturated heterocycles. The third-order valence-electron chi connectivity index (χ3n) is 3.88. The topological polar surface area (TPSA) is 91.8 Å². The lowest BCUT2D eigenvalue weighted by Crippen LogP contribution is -2.61. The van der Waals surface area contributed by atoms with Gasteiger partial charge < -0.3 is 0 Å². The maximum absolute atomic E-state index is 12.5. The van der Waals surface area contributed by atoms with Crippen molar-refractivity contribution in [3.8, 4) is 0 Å². The maximum atomic E-state index is 12.5. The number of carbonyl (C=O) groups excluding carboxylic acids is 3. The minimum atomic E-state index is -3.68. The monoisotopic (exact) mass is 354 g/mol. The summed E-state index contributed by atoms with van der Waals surface area (Å²) in [5, 5.41) is -0.317. The summed E-state index contributed by atoms with van der Waals surface area (Å²) in [5.41, 5.74) is 0.440. The fraction of sp³-hybridized carbons (Fsp3) is 0.357. The number of thioether (sulfide) groups is 1. The van der Waals surface area contributed by atoms with Gasteiger partial charge in [0.2, 0.25) is 15.9 Å². The highest BCUT2D eigenvalue weighted by Gasteiger charge is 2.45. The van der Waals surface area contributed by atoms with Crippen molar-refractivity contribution in [3.05, 3.63) is 29.8 Å². The van der Waals surface area contributed by atoms with Gasteiger partial charge in [0, 0.05) is 18.7 Å². The molecule has 7 nitrogen and oxygen atoms in total. The van der Waals surface area contributed by atoms with Crippen molar-refractivity contribution in [2.75, 3.05) is 18.8 Å². The molecule has 3 rings (SSSR count). The third-order valence-corrected chi connectivity index (χ3v) is 6.56. The SMILES string of the molecule is CC(=O)c1ccc(S(=O)(=O)N2CC(N3C(=O)CSC3=O)C2)cc1. The van der Waals surface area contributed by atoms with Gasteiger partial charge in [-0.05, 0) is 19.1 Å². The first-order valence-electron chi connectivity index (χ1n) is 6.90. The minimum Gasteiger partial charge on any atom is -0.295 e. The summed E-state index contributed by atoms with van der Waals surface area (Å²) in [6.45, 7) is 1.62. The van der Waals surface area contributed by atoms with Gasteiger partial charge in [0.1, 0.15) is 0 Å². The molecule has 1 aromatic carbocycles. The van der Waals surface area contributed by atoms with Crippen LogP contribution in [-0.2, 0) is 14.8 Å². The number of carbonyl (C=O) groups is 3. The molecule has 0 saturated carbocycles. The van der Waals surface area contributed by atoms with Crippen LogP contribution in [0.3, 0.4) is 0 Å². The number of rotatable bonds is 4. The van der Waals surface area contributed by atoms with Crippen molar-refractivity contribution in [1.82, 2.24) is 9.21 Å². The Morgan fingerprint density at radius 1 is 1.17 bits per heavy atom. The number of ketones is 1. The van der Waals surface area contributed by atoms with Gasteiger partial charge in [-0.1, -0.05) is 23.9 Å². The standard InChI is InChI=1S/C14H14N2O5S2/c1-9(17)10-2-4-12(5-3-10)23(20,21)15-6-11(7-15)16-13(18)8-22-14(16)19/h2-5,11H,6-8H2,1H3. The molecule has 1 aromatic rings. The first kappa shape index (κ1) is 16.2. The second-order valence-corrected chi connectivity index (χ2v) is 8.24. The number of sulfonamides is 1. The maximum Gasteiger partial charge on any atom is 0.289 e. The van der Waals surface area contributed by atoms with Crippen LogP contribution >= 0.6 is 11.8 Å². The van der Waals surface area contributed by atoms with Crippen LogP contribution in [0.2, 0.25) is 0 Å². The zero-order valence-corrected chi connectivity index (χ0v) is 13.9. The summed E-state index contributed by atoms with van der Waals surface area (Å²) < 4.78 is 26.2. The van der Waals surface area contributed by atoms with Crippen LogP contribution < -0.4 is 0 Å². The van der Waals surface area contributed by atoms with E-state index < -0.39 is 16.1 Å². The molecule has 2 aliphatic heterocycles. The largest absolute Gasteiger partial charge is 0.295 e. The van der Waals surface area contributed by atoms with Gasteiger partial charge >= 0.3 is 0 Å². The molecule has 23 heavy (non-hydrogen) atoms. The molecule has 0 radical (unpaired) electrons. The van der Waals surface area contributed by atoms with E-state index in [0.717, 1.165) is 16.7 Å². The van der Waals surface area contributed by atoms with Gasteiger partial charge in [-0.2, -0.15) is 4.31 Å². The van der Waals surface area contributed by atoms with Crippen LogP contribution in [0.25, 0.3) is 0 Å². The zero-order chi connectivity index (χ0) is 16.8. The van der Waals surface area contributed by atoms with Crippen molar-refractivity contribution in [2.45, 2.75) is 17.9 Å². The molecular weight excluding hydrogens is 340 g/mol. The van der Waals surface area contributed by atoms with E-state index in [4.69, 9.17) is 0 Å². The highest BCUT2D eigenvalue weighted by molar-refractivity contribution is 8.14. The quantitative estimate of drug-likeness (QED) is 0.748. The van der Waals surface area contributed by atoms with E-state index in [9.17, 15) is 22.8 Å². The Bertz CT molecular complexity index is 766. The average Bonchev–Trinajstić information content (AvgIpc) is 2.78. The molecule has 0 aliphatic carbocycles. The Hall–Kier alpha value is -1.71. The second-order valence-electron chi connectivity index (χ2n) is 5.37. The molecule has 2 heterocycles. The Labute approximate surface area is 137 Å². The number of hydrogen-bond acceptors (Lipinski definition) is 6. The van der Waals surface area contributed by atoms with E-state index in [0.29, 0.717) is 5.56 Å². The zero-order valence-electron chi connectivity index (χ0n) is 12.3. The van der Waals surface area contributed by atoms with Gasteiger partial charge in [0.15, 0.2) is 5.78 Å². The smallest absolute Gasteiger partial charge is 0.289 e. The van der Waals surface area contributed by atoms with Gasteiger partial charge in [0.25, 0.3) is 5.24 Å². The Morgan fingerprint density at radius 3 is 2.26 bits per heavy atom. The summed E-state index contributed by atoms with van der Waals surface area (Å²) in [4.78, 5) is 35.7. The van der Waals surface area contributed by atoms with E-state index in [1.807, 2.05) is 0 Å². The normalized spacial score (nSPS) is 20.0. The van der Waals surface area contributed by atoms with Crippen LogP contribution in [0.5, 0.6) is 0 Å². The van der Waals surface area contributed by atoms with Crippen LogP contribution in [0.1, 0.15) is 17.3 Å². The van der Waals surface area contributed by atoms with Gasteiger partial charge in [-0.3, -0.25) is 19.3 Å². The molecule has 2 fully saturated rings. The number of Topliss-reactive ketones (excluding diaryl/α,β-unsaturated/α-hetero) is 1. The molecule has 0 unspecified atom stereocenters. The van der Waals surface area contributed by atoms with Crippen molar-refractivity contribution >= 4 is 38.7 Å². The molecule has 9 heteroatoms. The second kappa shape index (κ2) is 5.73. The summed E-state index contributed by atoms with van der Waals surface area (Å²) in [6.07, 6.45) is 0. The Balaban J connectivity index is 1.72. The molecule has 0 bridgehead atoms. The minimum absolute atomic E-state index is 0.0920. The lowest BCUT2D eigenvalue weighted by Gasteiger charge is -2.41.